The van der Waals surface area contributed by atoms with Crippen molar-refractivity contribution >= 4 is 20.0 Å². The molecule has 0 aromatic heterocycles. The quantitative estimate of drug-likeness (QED) is 0.0406. The zero-order valence-electron chi connectivity index (χ0n) is 26.4. The predicted molar refractivity (Wildman–Crippen MR) is 171 cm³/mol. The summed E-state index contributed by atoms with van der Waals surface area (Å²) in [7, 11) is -1.01. The lowest BCUT2D eigenvalue weighted by Gasteiger charge is -2.32. The summed E-state index contributed by atoms with van der Waals surface area (Å²) >= 11 is 0. The molecule has 0 aliphatic heterocycles. The average Bonchev–Trinajstić information content (AvgIpc) is 2.93. The number of carboxylic acid groups (broad SMARTS) is 1. The predicted octanol–water partition coefficient (Wildman–Crippen LogP) is 11.3. The minimum atomic E-state index is -1.13. The molecule has 4 nitrogen and oxygen atoms in total. The molecule has 39 heavy (non-hydrogen) atoms. The normalized spacial score (nSPS) is 11.9. The van der Waals surface area contributed by atoms with Gasteiger partial charge in [0.15, 0.2) is 0 Å². The van der Waals surface area contributed by atoms with Crippen molar-refractivity contribution in [1.82, 2.24) is 0 Å². The van der Waals surface area contributed by atoms with Crippen LogP contribution >= 0.6 is 0 Å². The topological polar surface area (TPSA) is 63.6 Å². The Bertz CT molecular complexity index is 568. The smallest absolute Gasteiger partial charge is 0.331 e. The highest BCUT2D eigenvalue weighted by atomic mass is 28.3. The molecule has 0 rings (SSSR count). The maximum atomic E-state index is 11.3. The summed E-state index contributed by atoms with van der Waals surface area (Å²) in [6.07, 6.45) is 31.7. The van der Waals surface area contributed by atoms with E-state index in [1.54, 1.807) is 24.2 Å². The molecule has 230 valence electrons. The van der Waals surface area contributed by atoms with Gasteiger partial charge in [0.25, 0.3) is 0 Å². The van der Waals surface area contributed by atoms with Crippen molar-refractivity contribution in [2.24, 2.45) is 0 Å². The first-order valence-corrected chi connectivity index (χ1v) is 19.9. The van der Waals surface area contributed by atoms with Crippen molar-refractivity contribution < 1.29 is 19.4 Å². The number of ether oxygens (including phenoxy) is 1. The zero-order chi connectivity index (χ0) is 28.9. The second-order valence-electron chi connectivity index (χ2n) is 12.1. The van der Waals surface area contributed by atoms with Gasteiger partial charge >= 0.3 is 11.9 Å². The van der Waals surface area contributed by atoms with Crippen molar-refractivity contribution in [2.75, 3.05) is 6.61 Å². The Morgan fingerprint density at radius 2 is 0.846 bits per heavy atom. The molecule has 0 aliphatic carbocycles. The third kappa shape index (κ3) is 25.6. The van der Waals surface area contributed by atoms with Crippen LogP contribution in [0.15, 0.2) is 12.2 Å². The number of carbonyl (C=O) groups excluding carboxylic acids is 1. The van der Waals surface area contributed by atoms with E-state index in [2.05, 4.69) is 20.8 Å². The van der Waals surface area contributed by atoms with Gasteiger partial charge in [-0.2, -0.15) is 0 Å². The lowest BCUT2D eigenvalue weighted by Crippen LogP contribution is -2.33. The molecule has 0 unspecified atom stereocenters. The fourth-order valence-corrected chi connectivity index (χ4v) is 11.7. The van der Waals surface area contributed by atoms with Crippen LogP contribution in [0.1, 0.15) is 162 Å². The number of rotatable bonds is 30. The van der Waals surface area contributed by atoms with E-state index in [1.165, 1.54) is 128 Å². The van der Waals surface area contributed by atoms with E-state index < -0.39 is 20.0 Å². The Morgan fingerprint density at radius 3 is 1.21 bits per heavy atom. The number of aliphatic carboxylic acids is 1. The lowest BCUT2D eigenvalue weighted by molar-refractivity contribution is -0.138. The SMILES string of the molecule is CCCC[Si](CCCC)(CCCC)CCCCCCCCCCCCCCCCCCOC(=O)/C=C/C(=O)O. The van der Waals surface area contributed by atoms with Gasteiger partial charge in [0.05, 0.1) is 14.7 Å². The van der Waals surface area contributed by atoms with Crippen LogP contribution in [0.4, 0.5) is 0 Å². The van der Waals surface area contributed by atoms with Gasteiger partial charge in [0.1, 0.15) is 0 Å². The molecule has 0 radical (unpaired) electrons. The minimum absolute atomic E-state index is 0.377. The molecule has 0 bridgehead atoms. The molecule has 0 fully saturated rings. The van der Waals surface area contributed by atoms with E-state index in [0.717, 1.165) is 25.0 Å². The number of unbranched alkanes of at least 4 members (excludes halogenated alkanes) is 18. The molecule has 0 aliphatic rings. The van der Waals surface area contributed by atoms with Crippen LogP contribution < -0.4 is 0 Å². The summed E-state index contributed by atoms with van der Waals surface area (Å²) in [5.74, 6) is -1.70. The van der Waals surface area contributed by atoms with Gasteiger partial charge in [0.2, 0.25) is 0 Å². The minimum Gasteiger partial charge on any atom is -0.478 e. The highest BCUT2D eigenvalue weighted by molar-refractivity contribution is 6.79. The van der Waals surface area contributed by atoms with Crippen LogP contribution in [0.2, 0.25) is 24.2 Å². The first-order valence-electron chi connectivity index (χ1n) is 17.1. The monoisotopic (exact) mass is 566 g/mol. The van der Waals surface area contributed by atoms with Gasteiger partial charge < -0.3 is 9.84 Å². The first-order chi connectivity index (χ1) is 19.0. The van der Waals surface area contributed by atoms with Gasteiger partial charge in [0, 0.05) is 12.2 Å². The van der Waals surface area contributed by atoms with Gasteiger partial charge in [-0.05, 0) is 6.42 Å². The summed E-state index contributed by atoms with van der Waals surface area (Å²) in [5.41, 5.74) is 0. The summed E-state index contributed by atoms with van der Waals surface area (Å²) in [5, 5.41) is 8.47. The number of hydrogen-bond donors (Lipinski definition) is 1. The second kappa shape index (κ2) is 28.4. The molecule has 1 N–H and O–H groups in total. The maximum Gasteiger partial charge on any atom is 0.331 e. The average molecular weight is 567 g/mol. The molecule has 0 saturated carbocycles. The molecular formula is C34H66O4Si. The first kappa shape index (κ1) is 37.9. The van der Waals surface area contributed by atoms with Gasteiger partial charge in [-0.3, -0.25) is 0 Å². The van der Waals surface area contributed by atoms with Crippen molar-refractivity contribution in [3.63, 3.8) is 0 Å². The van der Waals surface area contributed by atoms with Crippen molar-refractivity contribution in [3.05, 3.63) is 12.2 Å². The van der Waals surface area contributed by atoms with Gasteiger partial charge in [-0.25, -0.2) is 9.59 Å². The van der Waals surface area contributed by atoms with Gasteiger partial charge in [-0.15, -0.1) is 0 Å². The van der Waals surface area contributed by atoms with Crippen molar-refractivity contribution in [3.8, 4) is 0 Å². The largest absolute Gasteiger partial charge is 0.478 e. The van der Waals surface area contributed by atoms with Crippen LogP contribution in [0.3, 0.4) is 0 Å². The zero-order valence-corrected chi connectivity index (χ0v) is 27.4. The second-order valence-corrected chi connectivity index (χ2v) is 17.1. The fraction of sp³-hybridized carbons (Fsp3) is 0.882. The van der Waals surface area contributed by atoms with Crippen molar-refractivity contribution in [1.29, 1.82) is 0 Å². The molecule has 0 heterocycles. The maximum absolute atomic E-state index is 11.3. The highest BCUT2D eigenvalue weighted by Crippen LogP contribution is 2.34. The Kier molecular flexibility index (Phi) is 27.6. The van der Waals surface area contributed by atoms with Crippen LogP contribution in [0, 0.1) is 0 Å². The van der Waals surface area contributed by atoms with Crippen LogP contribution in [0.25, 0.3) is 0 Å². The molecule has 0 aromatic rings. The summed E-state index contributed by atoms with van der Waals surface area (Å²) in [6.45, 7) is 7.51. The lowest BCUT2D eigenvalue weighted by atomic mass is 10.0. The Hall–Kier alpha value is -1.10. The van der Waals surface area contributed by atoms with E-state index in [0.29, 0.717) is 6.61 Å². The summed E-state index contributed by atoms with van der Waals surface area (Å²) < 4.78 is 4.98. The fourth-order valence-electron chi connectivity index (χ4n) is 5.84. The van der Waals surface area contributed by atoms with Crippen LogP contribution in [-0.2, 0) is 14.3 Å². The van der Waals surface area contributed by atoms with Gasteiger partial charge in [-0.1, -0.05) is 180 Å². The van der Waals surface area contributed by atoms with E-state index in [4.69, 9.17) is 9.84 Å². The number of carboxylic acids is 1. The summed E-state index contributed by atoms with van der Waals surface area (Å²) in [4.78, 5) is 21.6. The number of hydrogen-bond acceptors (Lipinski definition) is 3. The molecule has 0 spiro atoms. The van der Waals surface area contributed by atoms with E-state index in [1.807, 2.05) is 0 Å². The van der Waals surface area contributed by atoms with Crippen LogP contribution in [0.5, 0.6) is 0 Å². The molecule has 0 saturated heterocycles. The molecule has 5 heteroatoms. The third-order valence-corrected chi connectivity index (χ3v) is 14.0. The third-order valence-electron chi connectivity index (χ3n) is 8.39. The number of esters is 1. The molecule has 0 amide bonds. The van der Waals surface area contributed by atoms with E-state index in [9.17, 15) is 9.59 Å². The van der Waals surface area contributed by atoms with Crippen molar-refractivity contribution in [2.45, 2.75) is 186 Å². The van der Waals surface area contributed by atoms with E-state index >= 15 is 0 Å². The Labute approximate surface area is 244 Å². The molecule has 0 aromatic carbocycles. The summed E-state index contributed by atoms with van der Waals surface area (Å²) in [6, 6.07) is 6.45. The molecule has 0 atom stereocenters. The Balaban J connectivity index is 3.58. The number of carbonyl (C=O) groups is 2. The van der Waals surface area contributed by atoms with Crippen LogP contribution in [-0.4, -0.2) is 31.7 Å². The van der Waals surface area contributed by atoms with E-state index in [-0.39, 0.29) is 0 Å². The standard InChI is InChI=1S/C34H66O4Si/c1-4-7-29-39(30-8-5-2,31-9-6-3)32-25-23-21-19-17-15-13-11-10-12-14-16-18-20-22-24-28-38-34(37)27-26-33(35)36/h26-27H,4-25,28-32H2,1-3H3,(H,35,36)/b27-26+. The highest BCUT2D eigenvalue weighted by Gasteiger charge is 2.30. The Morgan fingerprint density at radius 1 is 0.513 bits per heavy atom. The molecular weight excluding hydrogens is 500 g/mol.